The van der Waals surface area contributed by atoms with E-state index in [0.717, 1.165) is 60.2 Å². The van der Waals surface area contributed by atoms with Crippen LogP contribution in [-0.2, 0) is 46.5 Å². The minimum absolute atomic E-state index is 0.114. The third-order valence-electron chi connectivity index (χ3n) is 17.7. The van der Waals surface area contributed by atoms with E-state index in [-0.39, 0.29) is 79.4 Å². The van der Waals surface area contributed by atoms with Crippen LogP contribution in [0.25, 0.3) is 11.1 Å². The van der Waals surface area contributed by atoms with Gasteiger partial charge in [0.2, 0.25) is 41.2 Å². The normalized spacial score (nSPS) is 21.6. The fraction of sp³-hybridized carbons (Fsp3) is 0.200. The number of nitrogens with two attached hydrogens (primary N) is 1. The van der Waals surface area contributed by atoms with Crippen LogP contribution < -0.4 is 51.8 Å². The zero-order chi connectivity index (χ0) is 71.4. The molecule has 518 valence electrons. The molecule has 8 atom stereocenters. The lowest BCUT2D eigenvalue weighted by Gasteiger charge is -2.34. The number of hydrogen-bond acceptors (Lipinski definition) is 21. The zero-order valence-corrected chi connectivity index (χ0v) is 54.6. The predicted molar refractivity (Wildman–Crippen MR) is 361 cm³/mol. The number of aliphatic hydroxyl groups is 1. The van der Waals surface area contributed by atoms with Gasteiger partial charge >= 0.3 is 5.97 Å². The monoisotopic (exact) mass is 1430 g/mol. The highest BCUT2D eigenvalue weighted by Crippen LogP contribution is 2.50. The number of halogens is 3. The number of nitrogens with zero attached hydrogens (tertiary/aromatic N) is 3. The molecule has 0 aliphatic carbocycles. The van der Waals surface area contributed by atoms with Gasteiger partial charge in [-0.1, -0.05) is 71.2 Å². The molecule has 16 N–H and O–H groups in total. The lowest BCUT2D eigenvalue weighted by atomic mass is 9.88. The number of benzene rings is 8. The maximum Gasteiger partial charge on any atom is 0.330 e. The minimum Gasteiger partial charge on any atom is -0.508 e. The molecule has 0 radical (unpaired) electrons. The molecule has 7 heterocycles. The van der Waals surface area contributed by atoms with Crippen LogP contribution >= 0.6 is 34.8 Å². The summed E-state index contributed by atoms with van der Waals surface area (Å²) in [6.07, 6.45) is -0.854. The maximum absolute atomic E-state index is 16.0. The molecule has 0 saturated carbocycles. The van der Waals surface area contributed by atoms with Crippen LogP contribution in [0.15, 0.2) is 139 Å². The number of hydrogen-bond donors (Lipinski definition) is 15. The molecule has 31 heteroatoms. The van der Waals surface area contributed by atoms with E-state index in [1.165, 1.54) is 54.6 Å². The topological polar surface area (TPSA) is 426 Å². The fourth-order valence-electron chi connectivity index (χ4n) is 12.4. The number of hydrazone groups is 1. The van der Waals surface area contributed by atoms with Crippen molar-refractivity contribution in [2.75, 3.05) is 26.2 Å². The number of phenolic OH excluding ortho intramolecular Hbond substituents is 6. The van der Waals surface area contributed by atoms with E-state index in [2.05, 4.69) is 37.0 Å². The Balaban J connectivity index is 0.969. The first-order chi connectivity index (χ1) is 48.3. The van der Waals surface area contributed by atoms with Crippen LogP contribution in [0.3, 0.4) is 0 Å². The van der Waals surface area contributed by atoms with Crippen LogP contribution in [0.1, 0.15) is 86.4 Å². The quantitative estimate of drug-likeness (QED) is 0.0788. The molecule has 7 aliphatic rings. The summed E-state index contributed by atoms with van der Waals surface area (Å²) in [6.45, 7) is 1.22. The van der Waals surface area contributed by atoms with E-state index in [9.17, 15) is 50.4 Å². The predicted octanol–water partition coefficient (Wildman–Crippen LogP) is 6.79. The van der Waals surface area contributed by atoms with Crippen LogP contribution in [-0.4, -0.2) is 137 Å². The molecule has 6 amide bonds. The second kappa shape index (κ2) is 27.6. The number of aliphatic carboxylic acids is 1. The summed E-state index contributed by atoms with van der Waals surface area (Å²) in [4.78, 5) is 107. The second-order valence-corrected chi connectivity index (χ2v) is 25.6. The third-order valence-corrected chi connectivity index (χ3v) is 18.5. The molecule has 1 fully saturated rings. The number of piperazine rings is 1. The van der Waals surface area contributed by atoms with Gasteiger partial charge in [-0.05, 0) is 130 Å². The second-order valence-electron chi connectivity index (χ2n) is 24.4. The Kier molecular flexibility index (Phi) is 18.6. The number of rotatable bonds is 5. The first-order valence-corrected chi connectivity index (χ1v) is 32.3. The summed E-state index contributed by atoms with van der Waals surface area (Å²) >= 11 is 19.9. The number of carbonyl (C=O) groups is 7. The molecule has 17 bridgehead atoms. The van der Waals surface area contributed by atoms with E-state index >= 15 is 24.0 Å². The highest BCUT2D eigenvalue weighted by molar-refractivity contribution is 6.32. The van der Waals surface area contributed by atoms with Crippen molar-refractivity contribution in [1.29, 1.82) is 0 Å². The van der Waals surface area contributed by atoms with Gasteiger partial charge in [-0.25, -0.2) is 4.79 Å². The number of carboxylic acid groups (broad SMARTS) is 1. The molecule has 0 spiro atoms. The summed E-state index contributed by atoms with van der Waals surface area (Å²) in [6, 6.07) is 14.4. The molecular weight excluding hydrogens is 1380 g/mol. The van der Waals surface area contributed by atoms with Crippen LogP contribution in [0.2, 0.25) is 15.1 Å². The van der Waals surface area contributed by atoms with Crippen molar-refractivity contribution in [3.05, 3.63) is 199 Å². The molecule has 28 nitrogen and oxygen atoms in total. The first-order valence-electron chi connectivity index (χ1n) is 31.1. The average molecular weight is 1430 g/mol. The smallest absolute Gasteiger partial charge is 0.330 e. The summed E-state index contributed by atoms with van der Waals surface area (Å²) < 4.78 is 18.6. The molecule has 8 aromatic carbocycles. The fourth-order valence-corrected chi connectivity index (χ4v) is 13.0. The van der Waals surface area contributed by atoms with E-state index < -0.39 is 152 Å². The standard InChI is InChI=1S/C70H59Cl3N10O18/c71-37-7-1-30(2-8-37)28-75-83-15-13-82(14-16-83)29-42-48(87)27-41-54(62(42)89)40-21-33(5-9-46(40)85)56-66(93)81-60(69(96)80-59(41)70(97)98)61(88)34-6-12-50(44(73)22-34)101-53-25-36-24-52(63(53)90)100-49-11-3-31(17-43(49)72)18-45-64(91)77-57(67(94)79-58(36)68(95)78-56)35-19-38(84)26-39(20-35)99-51-23-32(4-10-47(51)86)55(74)65(92)76-45/h1-12,17,19-28,45,55-61,84-90H,13-16,18,29,74H2,(H,76,92)(H,77,91)(H,78,95)(H,79,94)(H,80,96)(H,81,93)(H,97,98)/b75-28+/t45-,55-,56-,57-,58-,59-,60-,61?/m0/s1. The molecular formula is C70H59Cl3N10O18. The molecule has 1 saturated heterocycles. The Hall–Kier alpha value is -11.5. The maximum atomic E-state index is 16.0. The van der Waals surface area contributed by atoms with Crippen molar-refractivity contribution in [3.8, 4) is 80.1 Å². The van der Waals surface area contributed by atoms with Crippen molar-refractivity contribution >= 4 is 82.4 Å². The molecule has 101 heavy (non-hydrogen) atoms. The number of aromatic hydroxyl groups is 6. The number of amides is 6. The van der Waals surface area contributed by atoms with E-state index in [1.54, 1.807) is 35.5 Å². The average Bonchev–Trinajstić information content (AvgIpc) is 0.763. The Morgan fingerprint density at radius 1 is 0.545 bits per heavy atom. The Labute approximate surface area is 587 Å². The molecule has 1 unspecified atom stereocenters. The number of ether oxygens (including phenoxy) is 3. The van der Waals surface area contributed by atoms with Crippen molar-refractivity contribution in [2.45, 2.75) is 61.4 Å². The van der Waals surface area contributed by atoms with Gasteiger partial charge in [-0.15, -0.1) is 0 Å². The lowest BCUT2D eigenvalue weighted by molar-refractivity contribution is -0.143. The van der Waals surface area contributed by atoms with Crippen molar-refractivity contribution in [3.63, 3.8) is 0 Å². The van der Waals surface area contributed by atoms with Gasteiger partial charge < -0.3 is 92.7 Å². The van der Waals surface area contributed by atoms with Crippen molar-refractivity contribution in [1.82, 2.24) is 41.8 Å². The van der Waals surface area contributed by atoms with Crippen molar-refractivity contribution in [2.24, 2.45) is 10.8 Å². The first kappa shape index (κ1) is 68.0. The lowest BCUT2D eigenvalue weighted by Crippen LogP contribution is -2.55. The number of phenols is 6. The number of nitrogens with one attached hydrogen (secondary N) is 6. The Morgan fingerprint density at radius 2 is 1.15 bits per heavy atom. The number of aliphatic hydroxyl groups excluding tert-OH is 1. The van der Waals surface area contributed by atoms with Gasteiger partial charge in [0, 0.05) is 66.9 Å². The summed E-state index contributed by atoms with van der Waals surface area (Å²) in [5.74, 6) is -15.0. The van der Waals surface area contributed by atoms with Gasteiger partial charge in [-0.2, -0.15) is 5.10 Å². The van der Waals surface area contributed by atoms with Gasteiger partial charge in [-0.3, -0.25) is 38.7 Å². The summed E-state index contributed by atoms with van der Waals surface area (Å²) in [5, 5.41) is 116. The highest BCUT2D eigenvalue weighted by Gasteiger charge is 2.42. The summed E-state index contributed by atoms with van der Waals surface area (Å²) in [5.41, 5.74) is 5.03. The molecule has 15 rings (SSSR count). The molecule has 7 aliphatic heterocycles. The van der Waals surface area contributed by atoms with Crippen LogP contribution in [0.5, 0.6) is 69.0 Å². The minimum atomic E-state index is -2.24. The van der Waals surface area contributed by atoms with Crippen LogP contribution in [0.4, 0.5) is 0 Å². The van der Waals surface area contributed by atoms with Crippen molar-refractivity contribution < 1.29 is 88.6 Å². The van der Waals surface area contributed by atoms with Gasteiger partial charge in [0.1, 0.15) is 82.6 Å². The summed E-state index contributed by atoms with van der Waals surface area (Å²) in [7, 11) is 0. The molecule has 0 aromatic heterocycles. The van der Waals surface area contributed by atoms with Crippen LogP contribution in [0, 0.1) is 0 Å². The number of carbonyl (C=O) groups excluding carboxylic acids is 6. The van der Waals surface area contributed by atoms with E-state index in [1.807, 2.05) is 4.90 Å². The third kappa shape index (κ3) is 14.0. The highest BCUT2D eigenvalue weighted by atomic mass is 35.5. The Morgan fingerprint density at radius 3 is 1.82 bits per heavy atom. The van der Waals surface area contributed by atoms with E-state index in [0.29, 0.717) is 36.8 Å². The number of carboxylic acids is 1. The zero-order valence-electron chi connectivity index (χ0n) is 52.4. The molecule has 8 aromatic rings. The van der Waals surface area contributed by atoms with E-state index in [4.69, 9.17) is 54.7 Å². The Bertz CT molecular complexity index is 4790. The van der Waals surface area contributed by atoms with Gasteiger partial charge in [0.25, 0.3) is 0 Å². The van der Waals surface area contributed by atoms with Gasteiger partial charge in [0.15, 0.2) is 29.0 Å². The van der Waals surface area contributed by atoms with Gasteiger partial charge in [0.05, 0.1) is 21.8 Å². The SMILES string of the molecule is N[C@@H]1C(=O)N[C@H]2Cc3ccc(c(Cl)c3)Oc3cc4cc(c3O)Oc3ccc(cc3Cl)C(O)[C@@H]3NC(=O)[C@@H](NC(=O)[C@H]4NC(=O)[C@@H](NC2=O)c2cc(O)cc(c2)Oc2cc1ccc2O)c1ccc(O)c(c1)-c1c(cc(O)c(CN2CCN(/N=C/c4ccc(Cl)cc4)CC2)c1O)[C@@H](C(=O)O)NC3=O. The largest absolute Gasteiger partial charge is 0.508 e. The number of fused-ring (bicyclic) bond motifs is 14.